The number of halogens is 1. The number of carboxylic acids is 1. The maximum atomic E-state index is 13.4. The largest absolute Gasteiger partial charge is 0.478 e. The summed E-state index contributed by atoms with van der Waals surface area (Å²) in [6.45, 7) is 1.55. The van der Waals surface area contributed by atoms with E-state index in [-0.39, 0.29) is 11.1 Å². The van der Waals surface area contributed by atoms with Gasteiger partial charge in [0.15, 0.2) is 0 Å². The van der Waals surface area contributed by atoms with E-state index in [0.29, 0.717) is 6.54 Å². The van der Waals surface area contributed by atoms with Gasteiger partial charge < -0.3 is 14.9 Å². The highest BCUT2D eigenvalue weighted by molar-refractivity contribution is 5.88. The van der Waals surface area contributed by atoms with E-state index in [0.717, 1.165) is 12.1 Å². The molecule has 0 saturated heterocycles. The predicted molar refractivity (Wildman–Crippen MR) is 80.0 cm³/mol. The van der Waals surface area contributed by atoms with Crippen molar-refractivity contribution in [2.24, 2.45) is 0 Å². The Morgan fingerprint density at radius 2 is 2.00 bits per heavy atom. The summed E-state index contributed by atoms with van der Waals surface area (Å²) in [4.78, 5) is 15.4. The molecule has 0 unspecified atom stereocenters. The molecule has 1 N–H and O–H groups in total. The molecule has 0 spiro atoms. The Bertz CT molecular complexity index is 527. The summed E-state index contributed by atoms with van der Waals surface area (Å²) in [7, 11) is 6.23. The van der Waals surface area contributed by atoms with Crippen molar-refractivity contribution in [1.29, 1.82) is 0 Å². The van der Waals surface area contributed by atoms with Gasteiger partial charge >= 0.3 is 5.97 Å². The molecule has 1 aliphatic rings. The fraction of sp³-hybridized carbons (Fsp3) is 0.562. The molecule has 5 heteroatoms. The van der Waals surface area contributed by atoms with Crippen molar-refractivity contribution in [3.8, 4) is 0 Å². The van der Waals surface area contributed by atoms with Crippen molar-refractivity contribution < 1.29 is 14.3 Å². The first-order chi connectivity index (χ1) is 9.84. The number of hydrogen-bond acceptors (Lipinski definition) is 3. The molecule has 1 aromatic rings. The van der Waals surface area contributed by atoms with Gasteiger partial charge in [-0.15, -0.1) is 0 Å². The third-order valence-electron chi connectivity index (χ3n) is 4.51. The fourth-order valence-electron chi connectivity index (χ4n) is 3.04. The lowest BCUT2D eigenvalue weighted by molar-refractivity contribution is 0.0259. The van der Waals surface area contributed by atoms with Gasteiger partial charge in [0.1, 0.15) is 5.82 Å². The average Bonchev–Trinajstić information content (AvgIpc) is 2.35. The number of benzene rings is 1. The second kappa shape index (κ2) is 6.12. The van der Waals surface area contributed by atoms with Crippen LogP contribution in [0.4, 0.5) is 4.39 Å². The van der Waals surface area contributed by atoms with E-state index >= 15 is 0 Å². The zero-order valence-corrected chi connectivity index (χ0v) is 12.9. The summed E-state index contributed by atoms with van der Waals surface area (Å²) in [6, 6.07) is 4.32. The molecule has 0 aromatic heterocycles. The first-order valence-corrected chi connectivity index (χ1v) is 7.22. The Morgan fingerprint density at radius 3 is 2.48 bits per heavy atom. The number of carboxylic acid groups (broad SMARTS) is 1. The number of carbonyl (C=O) groups is 1. The summed E-state index contributed by atoms with van der Waals surface area (Å²) < 4.78 is 13.4. The minimum Gasteiger partial charge on any atom is -0.478 e. The monoisotopic (exact) mass is 294 g/mol. The second-order valence-electron chi connectivity index (χ2n) is 6.26. The Morgan fingerprint density at radius 1 is 1.33 bits per heavy atom. The van der Waals surface area contributed by atoms with Crippen molar-refractivity contribution in [1.82, 2.24) is 9.80 Å². The Balaban J connectivity index is 2.04. The number of nitrogens with zero attached hydrogens (tertiary/aromatic N) is 2. The van der Waals surface area contributed by atoms with Gasteiger partial charge in [0.25, 0.3) is 0 Å². The van der Waals surface area contributed by atoms with Crippen LogP contribution in [-0.4, -0.2) is 54.1 Å². The first-order valence-electron chi connectivity index (χ1n) is 7.22. The summed E-state index contributed by atoms with van der Waals surface area (Å²) in [5.41, 5.74) is 0.793. The molecule has 21 heavy (non-hydrogen) atoms. The molecular formula is C16H23FN2O2. The molecule has 1 fully saturated rings. The Hall–Kier alpha value is -1.46. The zero-order chi connectivity index (χ0) is 15.6. The zero-order valence-electron chi connectivity index (χ0n) is 12.9. The molecule has 0 heterocycles. The van der Waals surface area contributed by atoms with Crippen molar-refractivity contribution in [2.75, 3.05) is 27.7 Å². The summed E-state index contributed by atoms with van der Waals surface area (Å²) in [5, 5.41) is 8.97. The van der Waals surface area contributed by atoms with Crippen LogP contribution in [0.25, 0.3) is 0 Å². The number of likely N-dealkylation sites (N-methyl/N-ethyl adjacent to an activating group) is 2. The lowest BCUT2D eigenvalue weighted by atomic mass is 9.75. The second-order valence-corrected chi connectivity index (χ2v) is 6.26. The Labute approximate surface area is 125 Å². The summed E-state index contributed by atoms with van der Waals surface area (Å²) >= 11 is 0. The van der Waals surface area contributed by atoms with Crippen LogP contribution >= 0.6 is 0 Å². The molecule has 4 nitrogen and oxygen atoms in total. The van der Waals surface area contributed by atoms with Gasteiger partial charge in [-0.25, -0.2) is 9.18 Å². The highest BCUT2D eigenvalue weighted by atomic mass is 19.1. The van der Waals surface area contributed by atoms with Crippen LogP contribution in [0.3, 0.4) is 0 Å². The molecular weight excluding hydrogens is 271 g/mol. The third-order valence-corrected chi connectivity index (χ3v) is 4.51. The van der Waals surface area contributed by atoms with E-state index in [9.17, 15) is 9.18 Å². The van der Waals surface area contributed by atoms with Crippen LogP contribution in [0, 0.1) is 5.82 Å². The molecule has 0 amide bonds. The van der Waals surface area contributed by atoms with E-state index in [2.05, 4.69) is 23.9 Å². The van der Waals surface area contributed by atoms with Gasteiger partial charge in [-0.05, 0) is 58.1 Å². The molecule has 1 saturated carbocycles. The third kappa shape index (κ3) is 3.41. The van der Waals surface area contributed by atoms with Gasteiger partial charge in [-0.3, -0.25) is 0 Å². The van der Waals surface area contributed by atoms with Gasteiger partial charge in [0, 0.05) is 18.6 Å². The normalized spacial score (nSPS) is 17.0. The van der Waals surface area contributed by atoms with Crippen molar-refractivity contribution in [2.45, 2.75) is 31.3 Å². The minimum absolute atomic E-state index is 0.227. The minimum atomic E-state index is -1.22. The molecule has 1 aliphatic carbocycles. The fourth-order valence-corrected chi connectivity index (χ4v) is 3.04. The van der Waals surface area contributed by atoms with Crippen LogP contribution in [-0.2, 0) is 6.54 Å². The lowest BCUT2D eigenvalue weighted by Gasteiger charge is -2.49. The SMILES string of the molecule is CN(Cc1ccc(F)c(C(=O)O)c1)CC1(N(C)C)CCC1. The molecule has 0 bridgehead atoms. The topological polar surface area (TPSA) is 43.8 Å². The van der Waals surface area contributed by atoms with Crippen molar-refractivity contribution in [3.05, 3.63) is 35.1 Å². The molecule has 1 aromatic carbocycles. The quantitative estimate of drug-likeness (QED) is 0.875. The summed E-state index contributed by atoms with van der Waals surface area (Å²) in [6.07, 6.45) is 3.63. The molecule has 0 atom stereocenters. The smallest absolute Gasteiger partial charge is 0.338 e. The first kappa shape index (κ1) is 15.9. The molecule has 0 radical (unpaired) electrons. The molecule has 0 aliphatic heterocycles. The van der Waals surface area contributed by atoms with Gasteiger partial charge in [-0.1, -0.05) is 6.07 Å². The number of aromatic carboxylic acids is 1. The predicted octanol–water partition coefficient (Wildman–Crippen LogP) is 2.44. The van der Waals surface area contributed by atoms with Crippen LogP contribution in [0.15, 0.2) is 18.2 Å². The summed E-state index contributed by atoms with van der Waals surface area (Å²) in [5.74, 6) is -1.90. The van der Waals surface area contributed by atoms with Gasteiger partial charge in [0.2, 0.25) is 0 Å². The van der Waals surface area contributed by atoms with Gasteiger partial charge in [-0.2, -0.15) is 0 Å². The van der Waals surface area contributed by atoms with E-state index in [1.807, 2.05) is 7.05 Å². The van der Waals surface area contributed by atoms with E-state index in [1.54, 1.807) is 6.07 Å². The average molecular weight is 294 g/mol. The number of rotatable bonds is 6. The van der Waals surface area contributed by atoms with E-state index in [4.69, 9.17) is 5.11 Å². The molecule has 2 rings (SSSR count). The maximum absolute atomic E-state index is 13.4. The molecule has 116 valence electrons. The van der Waals surface area contributed by atoms with E-state index in [1.165, 1.54) is 31.4 Å². The van der Waals surface area contributed by atoms with Crippen molar-refractivity contribution in [3.63, 3.8) is 0 Å². The van der Waals surface area contributed by atoms with Crippen LogP contribution in [0.2, 0.25) is 0 Å². The van der Waals surface area contributed by atoms with Crippen LogP contribution in [0.1, 0.15) is 35.2 Å². The van der Waals surface area contributed by atoms with Crippen molar-refractivity contribution >= 4 is 5.97 Å². The standard InChI is InChI=1S/C16H23FN2O2/c1-18(2)16(7-4-8-16)11-19(3)10-12-5-6-14(17)13(9-12)15(20)21/h5-6,9H,4,7-8,10-11H2,1-3H3,(H,20,21). The maximum Gasteiger partial charge on any atom is 0.338 e. The highest BCUT2D eigenvalue weighted by Gasteiger charge is 2.39. The number of hydrogen-bond donors (Lipinski definition) is 1. The van der Waals surface area contributed by atoms with Gasteiger partial charge in [0.05, 0.1) is 5.56 Å². The highest BCUT2D eigenvalue weighted by Crippen LogP contribution is 2.36. The van der Waals surface area contributed by atoms with Crippen LogP contribution < -0.4 is 0 Å². The van der Waals surface area contributed by atoms with E-state index < -0.39 is 11.8 Å². The lowest BCUT2D eigenvalue weighted by Crippen LogP contribution is -2.56. The Kier molecular flexibility index (Phi) is 4.64. The van der Waals surface area contributed by atoms with Crippen LogP contribution in [0.5, 0.6) is 0 Å².